The number of hydrogen-bond donors (Lipinski definition) is 1. The number of hydrogen-bond acceptors (Lipinski definition) is 5. The van der Waals surface area contributed by atoms with E-state index in [0.29, 0.717) is 5.88 Å². The molecule has 1 heterocycles. The number of nitrogens with one attached hydrogen (secondary N) is 1. The predicted octanol–water partition coefficient (Wildman–Crippen LogP) is 0.675. The van der Waals surface area contributed by atoms with Crippen molar-refractivity contribution in [2.24, 2.45) is 0 Å². The monoisotopic (exact) mass is 196 g/mol. The molecule has 0 unspecified atom stereocenters. The zero-order valence-corrected chi connectivity index (χ0v) is 8.11. The van der Waals surface area contributed by atoms with E-state index in [1.807, 2.05) is 0 Å². The third kappa shape index (κ3) is 2.93. The zero-order valence-electron chi connectivity index (χ0n) is 8.11. The first-order valence-electron chi connectivity index (χ1n) is 4.07. The maximum absolute atomic E-state index is 10.8. The lowest BCUT2D eigenvalue weighted by Crippen LogP contribution is -2.14. The van der Waals surface area contributed by atoms with Gasteiger partial charge in [0.15, 0.2) is 0 Å². The molecule has 0 spiro atoms. The van der Waals surface area contributed by atoms with E-state index in [2.05, 4.69) is 15.0 Å². The summed E-state index contributed by atoms with van der Waals surface area (Å²) >= 11 is 0. The van der Waals surface area contributed by atoms with Gasteiger partial charge in [-0.15, -0.1) is 0 Å². The van der Waals surface area contributed by atoms with Crippen molar-refractivity contribution in [2.75, 3.05) is 26.1 Å². The van der Waals surface area contributed by atoms with Gasteiger partial charge >= 0.3 is 5.97 Å². The van der Waals surface area contributed by atoms with Crippen LogP contribution in [0, 0.1) is 0 Å². The molecule has 0 saturated heterocycles. The average molecular weight is 196 g/mol. The molecular weight excluding hydrogens is 184 g/mol. The number of esters is 1. The van der Waals surface area contributed by atoms with Gasteiger partial charge in [-0.3, -0.25) is 4.79 Å². The van der Waals surface area contributed by atoms with Crippen LogP contribution in [-0.2, 0) is 9.53 Å². The average Bonchev–Trinajstić information content (AvgIpc) is 2.26. The fraction of sp³-hybridized carbons (Fsp3) is 0.333. The van der Waals surface area contributed by atoms with Gasteiger partial charge in [0.1, 0.15) is 6.54 Å². The molecule has 0 aromatic carbocycles. The molecule has 1 aromatic heterocycles. The van der Waals surface area contributed by atoms with E-state index in [-0.39, 0.29) is 12.5 Å². The molecule has 0 aliphatic rings. The number of anilines is 1. The summed E-state index contributed by atoms with van der Waals surface area (Å²) in [6, 6.07) is 3.48. The van der Waals surface area contributed by atoms with Crippen molar-refractivity contribution in [3.05, 3.63) is 18.3 Å². The number of nitrogens with zero attached hydrogens (tertiary/aromatic N) is 1. The van der Waals surface area contributed by atoms with Crippen LogP contribution in [-0.4, -0.2) is 31.7 Å². The molecule has 0 bridgehead atoms. The summed E-state index contributed by atoms with van der Waals surface area (Å²) < 4.78 is 9.36. The molecular formula is C9H12N2O3. The first kappa shape index (κ1) is 10.3. The summed E-state index contributed by atoms with van der Waals surface area (Å²) in [5.41, 5.74) is 0.746. The minimum Gasteiger partial charge on any atom is -0.481 e. The highest BCUT2D eigenvalue weighted by molar-refractivity contribution is 5.74. The maximum atomic E-state index is 10.8. The summed E-state index contributed by atoms with van der Waals surface area (Å²) in [4.78, 5) is 14.7. The highest BCUT2D eigenvalue weighted by atomic mass is 16.5. The van der Waals surface area contributed by atoms with Crippen molar-refractivity contribution in [3.8, 4) is 5.88 Å². The molecule has 0 amide bonds. The van der Waals surface area contributed by atoms with Gasteiger partial charge in [0.25, 0.3) is 0 Å². The Balaban J connectivity index is 2.47. The Morgan fingerprint density at radius 1 is 1.50 bits per heavy atom. The third-order valence-corrected chi connectivity index (χ3v) is 1.61. The van der Waals surface area contributed by atoms with Crippen LogP contribution in [0.4, 0.5) is 5.69 Å². The Bertz CT molecular complexity index is 297. The first-order valence-corrected chi connectivity index (χ1v) is 4.07. The molecule has 0 saturated carbocycles. The van der Waals surface area contributed by atoms with Crippen molar-refractivity contribution in [1.29, 1.82) is 0 Å². The lowest BCUT2D eigenvalue weighted by atomic mass is 10.4. The number of rotatable bonds is 4. The van der Waals surface area contributed by atoms with E-state index in [9.17, 15) is 4.79 Å². The molecule has 1 N–H and O–H groups in total. The van der Waals surface area contributed by atoms with Crippen molar-refractivity contribution < 1.29 is 14.3 Å². The van der Waals surface area contributed by atoms with Crippen LogP contribution in [0.15, 0.2) is 18.3 Å². The predicted molar refractivity (Wildman–Crippen MR) is 51.3 cm³/mol. The standard InChI is InChI=1S/C9H12N2O3/c1-13-8-4-3-7(5-11-8)10-6-9(12)14-2/h3-5,10H,6H2,1-2H3. The highest BCUT2D eigenvalue weighted by Crippen LogP contribution is 2.10. The summed E-state index contributed by atoms with van der Waals surface area (Å²) in [5.74, 6) is 0.217. The molecule has 76 valence electrons. The molecule has 1 aromatic rings. The number of aromatic nitrogens is 1. The number of carbonyl (C=O) groups is 1. The molecule has 1 rings (SSSR count). The second-order valence-electron chi connectivity index (χ2n) is 2.52. The second-order valence-corrected chi connectivity index (χ2v) is 2.52. The quantitative estimate of drug-likeness (QED) is 0.717. The van der Waals surface area contributed by atoms with Crippen LogP contribution in [0.1, 0.15) is 0 Å². The van der Waals surface area contributed by atoms with E-state index in [1.54, 1.807) is 25.4 Å². The molecule has 14 heavy (non-hydrogen) atoms. The molecule has 0 atom stereocenters. The van der Waals surface area contributed by atoms with Gasteiger partial charge in [0.2, 0.25) is 5.88 Å². The fourth-order valence-corrected chi connectivity index (χ4v) is 0.852. The summed E-state index contributed by atoms with van der Waals surface area (Å²) in [6.07, 6.45) is 1.59. The number of carbonyl (C=O) groups excluding carboxylic acids is 1. The zero-order chi connectivity index (χ0) is 10.4. The van der Waals surface area contributed by atoms with Gasteiger partial charge in [0, 0.05) is 6.07 Å². The minimum absolute atomic E-state index is 0.129. The SMILES string of the molecule is COC(=O)CNc1ccc(OC)nc1. The molecule has 5 heteroatoms. The van der Waals surface area contributed by atoms with Crippen LogP contribution in [0.2, 0.25) is 0 Å². The van der Waals surface area contributed by atoms with Crippen molar-refractivity contribution >= 4 is 11.7 Å². The van der Waals surface area contributed by atoms with E-state index < -0.39 is 0 Å². The van der Waals surface area contributed by atoms with Crippen molar-refractivity contribution in [3.63, 3.8) is 0 Å². The van der Waals surface area contributed by atoms with Gasteiger partial charge in [-0.1, -0.05) is 0 Å². The summed E-state index contributed by atoms with van der Waals surface area (Å²) in [6.45, 7) is 0.129. The molecule has 0 aliphatic carbocycles. The van der Waals surface area contributed by atoms with E-state index >= 15 is 0 Å². The van der Waals surface area contributed by atoms with Crippen LogP contribution < -0.4 is 10.1 Å². The Morgan fingerprint density at radius 2 is 2.29 bits per heavy atom. The Labute approximate surface area is 82.0 Å². The molecule has 0 aliphatic heterocycles. The largest absolute Gasteiger partial charge is 0.481 e. The summed E-state index contributed by atoms with van der Waals surface area (Å²) in [5, 5.41) is 2.85. The van der Waals surface area contributed by atoms with Gasteiger partial charge in [-0.05, 0) is 6.07 Å². The van der Waals surface area contributed by atoms with Crippen LogP contribution in [0.3, 0.4) is 0 Å². The third-order valence-electron chi connectivity index (χ3n) is 1.61. The van der Waals surface area contributed by atoms with Crippen LogP contribution >= 0.6 is 0 Å². The van der Waals surface area contributed by atoms with Crippen molar-refractivity contribution in [1.82, 2.24) is 4.98 Å². The number of pyridine rings is 1. The molecule has 0 radical (unpaired) electrons. The highest BCUT2D eigenvalue weighted by Gasteiger charge is 1.99. The molecule has 5 nitrogen and oxygen atoms in total. The van der Waals surface area contributed by atoms with Gasteiger partial charge in [-0.25, -0.2) is 4.98 Å². The lowest BCUT2D eigenvalue weighted by molar-refractivity contribution is -0.138. The minimum atomic E-state index is -0.319. The van der Waals surface area contributed by atoms with Gasteiger partial charge < -0.3 is 14.8 Å². The first-order chi connectivity index (χ1) is 6.76. The summed E-state index contributed by atoms with van der Waals surface area (Å²) in [7, 11) is 2.89. The maximum Gasteiger partial charge on any atom is 0.325 e. The number of ether oxygens (including phenoxy) is 2. The van der Waals surface area contributed by atoms with E-state index in [1.165, 1.54) is 7.11 Å². The molecule has 0 fully saturated rings. The van der Waals surface area contributed by atoms with Gasteiger partial charge in [0.05, 0.1) is 26.1 Å². The lowest BCUT2D eigenvalue weighted by Gasteiger charge is -2.04. The smallest absolute Gasteiger partial charge is 0.325 e. The Morgan fingerprint density at radius 3 is 2.79 bits per heavy atom. The van der Waals surface area contributed by atoms with Crippen LogP contribution in [0.25, 0.3) is 0 Å². The van der Waals surface area contributed by atoms with E-state index in [4.69, 9.17) is 4.74 Å². The van der Waals surface area contributed by atoms with E-state index in [0.717, 1.165) is 5.69 Å². The Hall–Kier alpha value is -1.78. The van der Waals surface area contributed by atoms with Crippen molar-refractivity contribution in [2.45, 2.75) is 0 Å². The van der Waals surface area contributed by atoms with Gasteiger partial charge in [-0.2, -0.15) is 0 Å². The topological polar surface area (TPSA) is 60.5 Å². The fourth-order valence-electron chi connectivity index (χ4n) is 0.852. The number of methoxy groups -OCH3 is 2. The van der Waals surface area contributed by atoms with Crippen LogP contribution in [0.5, 0.6) is 5.88 Å². The normalized spacial score (nSPS) is 9.29. The second kappa shape index (κ2) is 5.06. The Kier molecular flexibility index (Phi) is 3.72.